The van der Waals surface area contributed by atoms with Gasteiger partial charge in [-0.15, -0.1) is 0 Å². The second-order valence-corrected chi connectivity index (χ2v) is 4.17. The highest BCUT2D eigenvalue weighted by Crippen LogP contribution is 2.20. The summed E-state index contributed by atoms with van der Waals surface area (Å²) in [6.45, 7) is 1.93. The topological polar surface area (TPSA) is 26.3 Å². The van der Waals surface area contributed by atoms with Gasteiger partial charge in [0.05, 0.1) is 6.42 Å². The van der Waals surface area contributed by atoms with E-state index in [-0.39, 0.29) is 12.4 Å². The van der Waals surface area contributed by atoms with Crippen molar-refractivity contribution >= 4 is 12.0 Å². The van der Waals surface area contributed by atoms with Crippen LogP contribution >= 0.6 is 0 Å². The molecule has 2 aromatic carbocycles. The second-order valence-electron chi connectivity index (χ2n) is 4.17. The van der Waals surface area contributed by atoms with Crippen LogP contribution < -0.4 is 4.74 Å². The van der Waals surface area contributed by atoms with Crippen LogP contribution in [0.5, 0.6) is 5.75 Å². The zero-order valence-electron chi connectivity index (χ0n) is 10.9. The first-order valence-electron chi connectivity index (χ1n) is 6.26. The zero-order chi connectivity index (χ0) is 13.5. The van der Waals surface area contributed by atoms with Gasteiger partial charge in [0.25, 0.3) is 0 Å². The number of ether oxygens (including phenoxy) is 1. The van der Waals surface area contributed by atoms with E-state index in [9.17, 15) is 4.79 Å². The molecule has 0 aromatic heterocycles. The first-order chi connectivity index (χ1) is 9.29. The van der Waals surface area contributed by atoms with E-state index in [0.29, 0.717) is 5.75 Å². The van der Waals surface area contributed by atoms with Gasteiger partial charge < -0.3 is 4.74 Å². The monoisotopic (exact) mass is 252 g/mol. The fraction of sp³-hybridized carbons (Fsp3) is 0.118. The minimum absolute atomic E-state index is 0.247. The van der Waals surface area contributed by atoms with Crippen LogP contribution in [0.25, 0.3) is 6.08 Å². The quantitative estimate of drug-likeness (QED) is 0.610. The van der Waals surface area contributed by atoms with Gasteiger partial charge in [0.1, 0.15) is 5.75 Å². The molecule has 0 heterocycles. The molecule has 2 rings (SSSR count). The Morgan fingerprint density at radius 3 is 2.47 bits per heavy atom. The molecule has 0 spiro atoms. The molecule has 0 N–H and O–H groups in total. The Labute approximate surface area is 113 Å². The normalized spacial score (nSPS) is 10.6. The van der Waals surface area contributed by atoms with E-state index in [1.54, 1.807) is 6.07 Å². The Morgan fingerprint density at radius 2 is 1.74 bits per heavy atom. The highest BCUT2D eigenvalue weighted by Gasteiger charge is 2.08. The molecule has 0 aliphatic heterocycles. The van der Waals surface area contributed by atoms with E-state index in [4.69, 9.17) is 4.74 Å². The van der Waals surface area contributed by atoms with Gasteiger partial charge in [-0.1, -0.05) is 60.7 Å². The molecule has 0 aliphatic rings. The lowest BCUT2D eigenvalue weighted by atomic mass is 10.1. The summed E-state index contributed by atoms with van der Waals surface area (Å²) >= 11 is 0. The molecule has 0 aliphatic carbocycles. The Bertz CT molecular complexity index is 571. The van der Waals surface area contributed by atoms with Crippen LogP contribution in [0.1, 0.15) is 18.1 Å². The van der Waals surface area contributed by atoms with Crippen molar-refractivity contribution in [2.75, 3.05) is 0 Å². The summed E-state index contributed by atoms with van der Waals surface area (Å²) in [7, 11) is 0. The van der Waals surface area contributed by atoms with Crippen molar-refractivity contribution in [3.05, 3.63) is 71.8 Å². The number of rotatable bonds is 4. The van der Waals surface area contributed by atoms with Crippen molar-refractivity contribution in [2.45, 2.75) is 13.3 Å². The average Bonchev–Trinajstić information content (AvgIpc) is 2.42. The van der Waals surface area contributed by atoms with E-state index in [1.807, 2.05) is 67.6 Å². The Kier molecular flexibility index (Phi) is 4.51. The van der Waals surface area contributed by atoms with E-state index in [0.717, 1.165) is 11.1 Å². The molecule has 0 radical (unpaired) electrons. The van der Waals surface area contributed by atoms with E-state index in [2.05, 4.69) is 0 Å². The molecule has 2 nitrogen and oxygen atoms in total. The van der Waals surface area contributed by atoms with Crippen molar-refractivity contribution in [3.8, 4) is 5.75 Å². The Balaban J connectivity index is 2.07. The Hall–Kier alpha value is -2.35. The van der Waals surface area contributed by atoms with Crippen LogP contribution in [0.3, 0.4) is 0 Å². The lowest BCUT2D eigenvalue weighted by Crippen LogP contribution is -2.11. The molecule has 0 saturated carbocycles. The van der Waals surface area contributed by atoms with Gasteiger partial charge >= 0.3 is 5.97 Å². The van der Waals surface area contributed by atoms with Crippen molar-refractivity contribution in [2.24, 2.45) is 0 Å². The molecule has 96 valence electrons. The SMILES string of the molecule is C/C=C/c1ccccc1OC(=O)Cc1ccccc1. The maximum absolute atomic E-state index is 11.9. The number of esters is 1. The highest BCUT2D eigenvalue weighted by molar-refractivity contribution is 5.76. The molecule has 0 saturated heterocycles. The summed E-state index contributed by atoms with van der Waals surface area (Å²) in [6.07, 6.45) is 4.13. The van der Waals surface area contributed by atoms with Gasteiger partial charge in [-0.05, 0) is 18.6 Å². The molecule has 0 unspecified atom stereocenters. The molecule has 0 fully saturated rings. The van der Waals surface area contributed by atoms with E-state index >= 15 is 0 Å². The van der Waals surface area contributed by atoms with Crippen molar-refractivity contribution in [1.82, 2.24) is 0 Å². The van der Waals surface area contributed by atoms with Gasteiger partial charge in [0.2, 0.25) is 0 Å². The fourth-order valence-corrected chi connectivity index (χ4v) is 1.81. The standard InChI is InChI=1S/C17H16O2/c1-2-8-15-11-6-7-12-16(15)19-17(18)13-14-9-4-3-5-10-14/h2-12H,13H2,1H3/b8-2+. The summed E-state index contributed by atoms with van der Waals surface area (Å²) in [4.78, 5) is 11.9. The Morgan fingerprint density at radius 1 is 1.05 bits per heavy atom. The summed E-state index contributed by atoms with van der Waals surface area (Å²) in [5.74, 6) is 0.352. The zero-order valence-corrected chi connectivity index (χ0v) is 10.9. The first-order valence-corrected chi connectivity index (χ1v) is 6.26. The lowest BCUT2D eigenvalue weighted by molar-refractivity contribution is -0.133. The van der Waals surface area contributed by atoms with Crippen molar-refractivity contribution in [3.63, 3.8) is 0 Å². The number of hydrogen-bond donors (Lipinski definition) is 0. The third-order valence-corrected chi connectivity index (χ3v) is 2.68. The van der Waals surface area contributed by atoms with Crippen LogP contribution in [0, 0.1) is 0 Å². The molecular weight excluding hydrogens is 236 g/mol. The highest BCUT2D eigenvalue weighted by atomic mass is 16.5. The van der Waals surface area contributed by atoms with Gasteiger partial charge in [-0.2, -0.15) is 0 Å². The third kappa shape index (κ3) is 3.81. The smallest absolute Gasteiger partial charge is 0.315 e. The van der Waals surface area contributed by atoms with Gasteiger partial charge in [-0.3, -0.25) is 4.79 Å². The number of carbonyl (C=O) groups excluding carboxylic acids is 1. The van der Waals surface area contributed by atoms with Gasteiger partial charge in [0.15, 0.2) is 0 Å². The van der Waals surface area contributed by atoms with Crippen LogP contribution in [0.15, 0.2) is 60.7 Å². The number of para-hydroxylation sites is 1. The lowest BCUT2D eigenvalue weighted by Gasteiger charge is -2.07. The largest absolute Gasteiger partial charge is 0.426 e. The van der Waals surface area contributed by atoms with Crippen LogP contribution in [-0.4, -0.2) is 5.97 Å². The van der Waals surface area contributed by atoms with Crippen molar-refractivity contribution < 1.29 is 9.53 Å². The average molecular weight is 252 g/mol. The predicted octanol–water partition coefficient (Wildman–Crippen LogP) is 3.87. The van der Waals surface area contributed by atoms with Crippen LogP contribution in [-0.2, 0) is 11.2 Å². The molecular formula is C17H16O2. The number of carbonyl (C=O) groups is 1. The molecule has 0 atom stereocenters. The molecule has 0 bridgehead atoms. The summed E-state index contributed by atoms with van der Waals surface area (Å²) in [5.41, 5.74) is 1.86. The fourth-order valence-electron chi connectivity index (χ4n) is 1.81. The summed E-state index contributed by atoms with van der Waals surface area (Å²) < 4.78 is 5.41. The summed E-state index contributed by atoms with van der Waals surface area (Å²) in [6, 6.07) is 17.1. The summed E-state index contributed by atoms with van der Waals surface area (Å²) in [5, 5.41) is 0. The maximum atomic E-state index is 11.9. The predicted molar refractivity (Wildman–Crippen MR) is 76.9 cm³/mol. The molecule has 19 heavy (non-hydrogen) atoms. The second kappa shape index (κ2) is 6.55. The van der Waals surface area contributed by atoms with Crippen molar-refractivity contribution in [1.29, 1.82) is 0 Å². The van der Waals surface area contributed by atoms with Crippen LogP contribution in [0.4, 0.5) is 0 Å². The number of benzene rings is 2. The molecule has 2 heteroatoms. The van der Waals surface area contributed by atoms with E-state index < -0.39 is 0 Å². The first kappa shape index (κ1) is 13.1. The minimum atomic E-state index is -0.247. The van der Waals surface area contributed by atoms with Gasteiger partial charge in [0, 0.05) is 5.56 Å². The van der Waals surface area contributed by atoms with Gasteiger partial charge in [-0.25, -0.2) is 0 Å². The molecule has 0 amide bonds. The minimum Gasteiger partial charge on any atom is -0.426 e. The van der Waals surface area contributed by atoms with Crippen LogP contribution in [0.2, 0.25) is 0 Å². The number of allylic oxidation sites excluding steroid dienone is 1. The number of hydrogen-bond acceptors (Lipinski definition) is 2. The third-order valence-electron chi connectivity index (χ3n) is 2.68. The molecule has 2 aromatic rings. The maximum Gasteiger partial charge on any atom is 0.315 e. The van der Waals surface area contributed by atoms with E-state index in [1.165, 1.54) is 0 Å².